The van der Waals surface area contributed by atoms with Crippen molar-refractivity contribution in [1.82, 2.24) is 10.0 Å². The lowest BCUT2D eigenvalue weighted by Gasteiger charge is -2.12. The molecule has 0 aliphatic carbocycles. The Morgan fingerprint density at radius 1 is 1.21 bits per heavy atom. The molecule has 10 heteroatoms. The highest BCUT2D eigenvalue weighted by atomic mass is 35.5. The van der Waals surface area contributed by atoms with Crippen molar-refractivity contribution in [1.29, 1.82) is 0 Å². The molecule has 0 spiro atoms. The molecule has 2 N–H and O–H groups in total. The first kappa shape index (κ1) is 21.2. The van der Waals surface area contributed by atoms with E-state index in [2.05, 4.69) is 10.0 Å². The zero-order valence-corrected chi connectivity index (χ0v) is 15.8. The highest BCUT2D eigenvalue weighted by molar-refractivity contribution is 7.91. The molecule has 1 aromatic carbocycles. The lowest BCUT2D eigenvalue weighted by atomic mass is 10.3. The molecule has 0 radical (unpaired) electrons. The van der Waals surface area contributed by atoms with Crippen molar-refractivity contribution < 1.29 is 21.6 Å². The first-order valence-corrected chi connectivity index (χ1v) is 10.8. The summed E-state index contributed by atoms with van der Waals surface area (Å²) >= 11 is 0. The number of rotatable bonds is 8. The van der Waals surface area contributed by atoms with Crippen LogP contribution in [0.15, 0.2) is 29.2 Å². The topological polar surface area (TPSA) is 102 Å². The summed E-state index contributed by atoms with van der Waals surface area (Å²) in [6, 6.07) is 5.87. The Morgan fingerprint density at radius 2 is 1.88 bits per heavy atom. The van der Waals surface area contributed by atoms with E-state index in [0.29, 0.717) is 12.3 Å². The van der Waals surface area contributed by atoms with Crippen LogP contribution in [-0.2, 0) is 19.9 Å². The summed E-state index contributed by atoms with van der Waals surface area (Å²) in [4.78, 5) is 0.165. The Balaban J connectivity index is 0.00000288. The van der Waals surface area contributed by atoms with Gasteiger partial charge in [-0.1, -0.05) is 6.92 Å². The fourth-order valence-corrected chi connectivity index (χ4v) is 4.08. The average Bonchev–Trinajstić information content (AvgIpc) is 3.00. The van der Waals surface area contributed by atoms with Crippen LogP contribution in [-0.4, -0.2) is 54.1 Å². The molecular formula is C14H23ClN2O5S2. The number of hydrogen-bond donors (Lipinski definition) is 2. The van der Waals surface area contributed by atoms with E-state index >= 15 is 0 Å². The molecule has 0 amide bonds. The van der Waals surface area contributed by atoms with E-state index in [9.17, 15) is 16.8 Å². The number of sulfone groups is 1. The maximum absolute atomic E-state index is 12.2. The van der Waals surface area contributed by atoms with Crippen molar-refractivity contribution in [2.45, 2.75) is 24.3 Å². The van der Waals surface area contributed by atoms with E-state index in [1.807, 2.05) is 0 Å². The van der Waals surface area contributed by atoms with Gasteiger partial charge in [0, 0.05) is 18.3 Å². The molecule has 1 saturated heterocycles. The van der Waals surface area contributed by atoms with Gasteiger partial charge in [0.15, 0.2) is 9.84 Å². The molecule has 0 aromatic heterocycles. The maximum atomic E-state index is 12.2. The van der Waals surface area contributed by atoms with Crippen LogP contribution in [0.4, 0.5) is 0 Å². The summed E-state index contributed by atoms with van der Waals surface area (Å²) in [5, 5.41) is 3.10. The summed E-state index contributed by atoms with van der Waals surface area (Å²) in [7, 11) is -6.62. The highest BCUT2D eigenvalue weighted by Gasteiger charge is 2.22. The van der Waals surface area contributed by atoms with Crippen LogP contribution in [0, 0.1) is 0 Å². The third-order valence-corrected chi connectivity index (χ3v) is 6.82. The molecule has 1 aliphatic rings. The predicted molar refractivity (Wildman–Crippen MR) is 95.1 cm³/mol. The van der Waals surface area contributed by atoms with Gasteiger partial charge < -0.3 is 10.1 Å². The zero-order valence-electron chi connectivity index (χ0n) is 13.4. The van der Waals surface area contributed by atoms with Gasteiger partial charge in [-0.05, 0) is 37.2 Å². The molecule has 0 saturated carbocycles. The number of halogens is 1. The second kappa shape index (κ2) is 9.00. The van der Waals surface area contributed by atoms with E-state index in [4.69, 9.17) is 4.74 Å². The molecule has 1 unspecified atom stereocenters. The Bertz CT molecular complexity index is 714. The fourth-order valence-electron chi connectivity index (χ4n) is 2.19. The van der Waals surface area contributed by atoms with Gasteiger partial charge in [0.05, 0.1) is 10.6 Å². The molecule has 24 heavy (non-hydrogen) atoms. The highest BCUT2D eigenvalue weighted by Crippen LogP contribution is 2.17. The van der Waals surface area contributed by atoms with Crippen LogP contribution >= 0.6 is 12.4 Å². The number of ether oxygens (including phenoxy) is 1. The number of hydrogen-bond acceptors (Lipinski definition) is 6. The largest absolute Gasteiger partial charge is 0.493 e. The SMILES string of the molecule is CCS(=O)(=O)CCOc1ccc(S(=O)(=O)NC2CCNC2)cc1.Cl. The molecular weight excluding hydrogens is 376 g/mol. The predicted octanol–water partition coefficient (Wildman–Crippen LogP) is 0.562. The molecule has 0 bridgehead atoms. The number of nitrogens with one attached hydrogen (secondary N) is 2. The Morgan fingerprint density at radius 3 is 2.42 bits per heavy atom. The first-order chi connectivity index (χ1) is 10.8. The third kappa shape index (κ3) is 6.21. The van der Waals surface area contributed by atoms with Crippen LogP contribution < -0.4 is 14.8 Å². The van der Waals surface area contributed by atoms with E-state index in [1.54, 1.807) is 6.92 Å². The van der Waals surface area contributed by atoms with Gasteiger partial charge in [-0.15, -0.1) is 12.4 Å². The molecule has 1 fully saturated rings. The standard InChI is InChI=1S/C14H22N2O5S2.ClH/c1-2-22(17,18)10-9-21-13-3-5-14(6-4-13)23(19,20)16-12-7-8-15-11-12;/h3-6,12,15-16H,2,7-11H2,1H3;1H. The summed E-state index contributed by atoms with van der Waals surface area (Å²) < 4.78 is 55.2. The molecule has 7 nitrogen and oxygen atoms in total. The maximum Gasteiger partial charge on any atom is 0.240 e. The van der Waals surface area contributed by atoms with Gasteiger partial charge in [-0.3, -0.25) is 0 Å². The normalized spacial score (nSPS) is 18.1. The minimum Gasteiger partial charge on any atom is -0.493 e. The average molecular weight is 399 g/mol. The van der Waals surface area contributed by atoms with Gasteiger partial charge in [0.25, 0.3) is 0 Å². The summed E-state index contributed by atoms with van der Waals surface area (Å²) in [6.07, 6.45) is 0.770. The van der Waals surface area contributed by atoms with Crippen molar-refractivity contribution in [3.8, 4) is 5.75 Å². The quantitative estimate of drug-likeness (QED) is 0.663. The Kier molecular flexibility index (Phi) is 7.94. The number of sulfonamides is 1. The molecule has 2 rings (SSSR count). The van der Waals surface area contributed by atoms with E-state index in [1.165, 1.54) is 24.3 Å². The van der Waals surface area contributed by atoms with Crippen LogP contribution in [0.5, 0.6) is 5.75 Å². The van der Waals surface area contributed by atoms with Crippen LogP contribution in [0.1, 0.15) is 13.3 Å². The van der Waals surface area contributed by atoms with Crippen LogP contribution in [0.3, 0.4) is 0 Å². The summed E-state index contributed by atoms with van der Waals surface area (Å²) in [5.74, 6) is 0.465. The third-order valence-electron chi connectivity index (χ3n) is 3.62. The van der Waals surface area contributed by atoms with Gasteiger partial charge in [0.1, 0.15) is 12.4 Å². The minimum absolute atomic E-state index is 0. The van der Waals surface area contributed by atoms with Crippen molar-refractivity contribution in [2.75, 3.05) is 31.2 Å². The van der Waals surface area contributed by atoms with Crippen molar-refractivity contribution in [2.24, 2.45) is 0 Å². The van der Waals surface area contributed by atoms with Gasteiger partial charge in [0.2, 0.25) is 10.0 Å². The molecule has 1 atom stereocenters. The Hall–Kier alpha value is -0.870. The second-order valence-electron chi connectivity index (χ2n) is 5.37. The molecule has 138 valence electrons. The van der Waals surface area contributed by atoms with Crippen molar-refractivity contribution in [3.63, 3.8) is 0 Å². The molecule has 1 aromatic rings. The molecule has 1 heterocycles. The zero-order chi connectivity index (χ0) is 16.9. The van der Waals surface area contributed by atoms with Crippen LogP contribution in [0.2, 0.25) is 0 Å². The van der Waals surface area contributed by atoms with Crippen molar-refractivity contribution >= 4 is 32.3 Å². The van der Waals surface area contributed by atoms with Crippen LogP contribution in [0.25, 0.3) is 0 Å². The summed E-state index contributed by atoms with van der Waals surface area (Å²) in [5.41, 5.74) is 0. The Labute approximate surface area is 149 Å². The summed E-state index contributed by atoms with van der Waals surface area (Å²) in [6.45, 7) is 3.07. The van der Waals surface area contributed by atoms with Gasteiger partial charge >= 0.3 is 0 Å². The van der Waals surface area contributed by atoms with Crippen molar-refractivity contribution in [3.05, 3.63) is 24.3 Å². The minimum atomic E-state index is -3.55. The fraction of sp³-hybridized carbons (Fsp3) is 0.571. The smallest absolute Gasteiger partial charge is 0.240 e. The monoisotopic (exact) mass is 398 g/mol. The lowest BCUT2D eigenvalue weighted by molar-refractivity contribution is 0.340. The van der Waals surface area contributed by atoms with Gasteiger partial charge in [-0.25, -0.2) is 21.6 Å². The van der Waals surface area contributed by atoms with E-state index in [-0.39, 0.29) is 41.5 Å². The van der Waals surface area contributed by atoms with Gasteiger partial charge in [-0.2, -0.15) is 0 Å². The number of benzene rings is 1. The molecule has 1 aliphatic heterocycles. The first-order valence-electron chi connectivity index (χ1n) is 7.49. The van der Waals surface area contributed by atoms with E-state index in [0.717, 1.165) is 13.0 Å². The van der Waals surface area contributed by atoms with E-state index < -0.39 is 19.9 Å². The lowest BCUT2D eigenvalue weighted by Crippen LogP contribution is -2.36. The second-order valence-corrected chi connectivity index (χ2v) is 9.55.